The van der Waals surface area contributed by atoms with E-state index in [1.165, 1.54) is 0 Å². The quantitative estimate of drug-likeness (QED) is 0.602. The van der Waals surface area contributed by atoms with E-state index in [1.807, 2.05) is 6.92 Å². The topological polar surface area (TPSA) is 102 Å². The zero-order valence-electron chi connectivity index (χ0n) is 9.48. The third-order valence-corrected chi connectivity index (χ3v) is 2.69. The van der Waals surface area contributed by atoms with Crippen LogP contribution in [0.3, 0.4) is 0 Å². The lowest BCUT2D eigenvalue weighted by Gasteiger charge is -2.23. The Morgan fingerprint density at radius 2 is 2.18 bits per heavy atom. The molecule has 0 aromatic carbocycles. The second-order valence-corrected chi connectivity index (χ2v) is 3.81. The molecule has 0 spiro atoms. The maximum absolute atomic E-state index is 11.8. The van der Waals surface area contributed by atoms with Gasteiger partial charge in [-0.1, -0.05) is 0 Å². The van der Waals surface area contributed by atoms with Crippen molar-refractivity contribution in [3.05, 3.63) is 17.5 Å². The molecular weight excluding hydrogens is 246 g/mol. The number of amides is 3. The maximum Gasteiger partial charge on any atom is 0.322 e. The smallest absolute Gasteiger partial charge is 0.322 e. The first-order valence-electron chi connectivity index (χ1n) is 4.84. The number of halogens is 1. The minimum absolute atomic E-state index is 0. The highest BCUT2D eigenvalue weighted by Gasteiger charge is 2.48. The van der Waals surface area contributed by atoms with Crippen LogP contribution in [0.4, 0.5) is 4.79 Å². The van der Waals surface area contributed by atoms with E-state index >= 15 is 0 Å². The average Bonchev–Trinajstić information content (AvgIpc) is 2.67. The van der Waals surface area contributed by atoms with Gasteiger partial charge in [0.05, 0.1) is 11.4 Å². The fourth-order valence-corrected chi connectivity index (χ4v) is 1.93. The maximum atomic E-state index is 11.8. The number of imide groups is 1. The van der Waals surface area contributed by atoms with Crippen LogP contribution in [-0.2, 0) is 17.4 Å². The van der Waals surface area contributed by atoms with Gasteiger partial charge in [-0.2, -0.15) is 5.10 Å². The lowest BCUT2D eigenvalue weighted by Crippen LogP contribution is -2.51. The first-order valence-corrected chi connectivity index (χ1v) is 4.84. The fraction of sp³-hybridized carbons (Fsp3) is 0.444. The number of hydrogen-bond donors (Lipinski definition) is 3. The monoisotopic (exact) mass is 259 g/mol. The van der Waals surface area contributed by atoms with E-state index in [4.69, 9.17) is 5.73 Å². The Labute approximate surface area is 104 Å². The van der Waals surface area contributed by atoms with Crippen molar-refractivity contribution in [1.29, 1.82) is 0 Å². The van der Waals surface area contributed by atoms with Crippen molar-refractivity contribution in [2.75, 3.05) is 6.54 Å². The summed E-state index contributed by atoms with van der Waals surface area (Å²) >= 11 is 0. The van der Waals surface area contributed by atoms with Crippen LogP contribution in [-0.4, -0.2) is 28.3 Å². The SMILES string of the molecule is Cc1cc(C2(CN)NC(=O)NC2=O)n(C)n1.Cl. The van der Waals surface area contributed by atoms with E-state index in [0.29, 0.717) is 5.69 Å². The average molecular weight is 260 g/mol. The number of hydrogen-bond acceptors (Lipinski definition) is 4. The lowest BCUT2D eigenvalue weighted by molar-refractivity contribution is -0.124. The Morgan fingerprint density at radius 1 is 1.53 bits per heavy atom. The molecule has 8 heteroatoms. The molecule has 0 aliphatic carbocycles. The lowest BCUT2D eigenvalue weighted by atomic mass is 9.95. The van der Waals surface area contributed by atoms with Gasteiger partial charge in [-0.3, -0.25) is 14.8 Å². The normalized spacial score (nSPS) is 23.0. The summed E-state index contributed by atoms with van der Waals surface area (Å²) in [5.41, 5.74) is 5.76. The third-order valence-electron chi connectivity index (χ3n) is 2.69. The Balaban J connectivity index is 0.00000144. The van der Waals surface area contributed by atoms with Gasteiger partial charge in [-0.15, -0.1) is 12.4 Å². The molecule has 1 aromatic heterocycles. The molecule has 1 atom stereocenters. The number of aryl methyl sites for hydroxylation is 2. The summed E-state index contributed by atoms with van der Waals surface area (Å²) in [7, 11) is 1.71. The van der Waals surface area contributed by atoms with Crippen molar-refractivity contribution in [3.8, 4) is 0 Å². The molecule has 1 unspecified atom stereocenters. The molecule has 0 saturated carbocycles. The van der Waals surface area contributed by atoms with Gasteiger partial charge in [0.1, 0.15) is 0 Å². The number of nitrogens with two attached hydrogens (primary N) is 1. The van der Waals surface area contributed by atoms with Gasteiger partial charge in [0.15, 0.2) is 5.54 Å². The Bertz CT molecular complexity index is 472. The molecule has 1 saturated heterocycles. The van der Waals surface area contributed by atoms with Crippen LogP contribution in [0.1, 0.15) is 11.4 Å². The van der Waals surface area contributed by atoms with Crippen LogP contribution < -0.4 is 16.4 Å². The molecule has 0 radical (unpaired) electrons. The fourth-order valence-electron chi connectivity index (χ4n) is 1.93. The molecule has 17 heavy (non-hydrogen) atoms. The van der Waals surface area contributed by atoms with Gasteiger partial charge in [0.2, 0.25) is 0 Å². The zero-order valence-corrected chi connectivity index (χ0v) is 10.3. The van der Waals surface area contributed by atoms with Crippen LogP contribution in [0.25, 0.3) is 0 Å². The molecule has 3 amide bonds. The summed E-state index contributed by atoms with van der Waals surface area (Å²) in [6.07, 6.45) is 0. The second-order valence-electron chi connectivity index (χ2n) is 3.81. The Kier molecular flexibility index (Phi) is 3.44. The largest absolute Gasteiger partial charge is 0.327 e. The standard InChI is InChI=1S/C9H13N5O2.ClH/c1-5-3-6(14(2)13-5)9(4-10)7(15)11-8(16)12-9;/h3H,4,10H2,1-2H3,(H2,11,12,15,16);1H. The number of aromatic nitrogens is 2. The van der Waals surface area contributed by atoms with E-state index in [9.17, 15) is 9.59 Å². The molecular formula is C9H14ClN5O2. The summed E-state index contributed by atoms with van der Waals surface area (Å²) in [4.78, 5) is 23.0. The van der Waals surface area contributed by atoms with Gasteiger partial charge in [0.25, 0.3) is 5.91 Å². The van der Waals surface area contributed by atoms with Gasteiger partial charge in [-0.05, 0) is 13.0 Å². The summed E-state index contributed by atoms with van der Waals surface area (Å²) < 4.78 is 1.55. The van der Waals surface area contributed by atoms with Crippen LogP contribution in [0.15, 0.2) is 6.07 Å². The van der Waals surface area contributed by atoms with E-state index in [-0.39, 0.29) is 19.0 Å². The van der Waals surface area contributed by atoms with Crippen molar-refractivity contribution in [1.82, 2.24) is 20.4 Å². The number of nitrogens with one attached hydrogen (secondary N) is 2. The Hall–Kier alpha value is -1.60. The summed E-state index contributed by atoms with van der Waals surface area (Å²) in [5.74, 6) is -0.442. The first kappa shape index (κ1) is 13.5. The van der Waals surface area contributed by atoms with Gasteiger partial charge in [-0.25, -0.2) is 4.79 Å². The van der Waals surface area contributed by atoms with Crippen molar-refractivity contribution in [2.24, 2.45) is 12.8 Å². The van der Waals surface area contributed by atoms with E-state index < -0.39 is 17.5 Å². The minimum atomic E-state index is -1.20. The second kappa shape index (κ2) is 4.34. The summed E-state index contributed by atoms with van der Waals surface area (Å²) in [6, 6.07) is 1.20. The van der Waals surface area contributed by atoms with Crippen molar-refractivity contribution in [2.45, 2.75) is 12.5 Å². The van der Waals surface area contributed by atoms with Gasteiger partial charge >= 0.3 is 6.03 Å². The number of urea groups is 1. The van der Waals surface area contributed by atoms with E-state index in [1.54, 1.807) is 17.8 Å². The zero-order chi connectivity index (χ0) is 11.9. The summed E-state index contributed by atoms with van der Waals surface area (Å²) in [5, 5.41) is 8.87. The molecule has 2 heterocycles. The highest BCUT2D eigenvalue weighted by molar-refractivity contribution is 6.07. The highest BCUT2D eigenvalue weighted by atomic mass is 35.5. The molecule has 4 N–H and O–H groups in total. The molecule has 1 aliphatic heterocycles. The number of carbonyl (C=O) groups is 2. The predicted molar refractivity (Wildman–Crippen MR) is 62.6 cm³/mol. The van der Waals surface area contributed by atoms with Crippen molar-refractivity contribution >= 4 is 24.3 Å². The Morgan fingerprint density at radius 3 is 2.53 bits per heavy atom. The molecule has 1 aliphatic rings. The number of nitrogens with zero attached hydrogens (tertiary/aromatic N) is 2. The van der Waals surface area contributed by atoms with Crippen LogP contribution >= 0.6 is 12.4 Å². The number of carbonyl (C=O) groups excluding carboxylic acids is 2. The van der Waals surface area contributed by atoms with Crippen LogP contribution in [0.5, 0.6) is 0 Å². The minimum Gasteiger partial charge on any atom is -0.327 e. The molecule has 1 fully saturated rings. The predicted octanol–water partition coefficient (Wildman–Crippen LogP) is -0.856. The molecule has 7 nitrogen and oxygen atoms in total. The molecule has 94 valence electrons. The molecule has 0 bridgehead atoms. The molecule has 1 aromatic rings. The highest BCUT2D eigenvalue weighted by Crippen LogP contribution is 2.23. The van der Waals surface area contributed by atoms with E-state index in [0.717, 1.165) is 5.69 Å². The van der Waals surface area contributed by atoms with Crippen molar-refractivity contribution < 1.29 is 9.59 Å². The first-order chi connectivity index (χ1) is 7.49. The van der Waals surface area contributed by atoms with Crippen LogP contribution in [0, 0.1) is 6.92 Å². The third kappa shape index (κ3) is 1.87. The van der Waals surface area contributed by atoms with Gasteiger partial charge in [0, 0.05) is 13.6 Å². The van der Waals surface area contributed by atoms with Gasteiger partial charge < -0.3 is 11.1 Å². The van der Waals surface area contributed by atoms with E-state index in [2.05, 4.69) is 15.7 Å². The number of rotatable bonds is 2. The summed E-state index contributed by atoms with van der Waals surface area (Å²) in [6.45, 7) is 1.80. The van der Waals surface area contributed by atoms with Crippen molar-refractivity contribution in [3.63, 3.8) is 0 Å². The molecule has 2 rings (SSSR count). The van der Waals surface area contributed by atoms with Crippen LogP contribution in [0.2, 0.25) is 0 Å².